The second-order valence-electron chi connectivity index (χ2n) is 8.54. The molecule has 2 N–H and O–H groups in total. The minimum absolute atomic E-state index is 0.0111. The number of hydrogen-bond acceptors (Lipinski definition) is 4. The van der Waals surface area contributed by atoms with Gasteiger partial charge in [-0.1, -0.05) is 13.0 Å². The Morgan fingerprint density at radius 1 is 1.17 bits per heavy atom. The van der Waals surface area contributed by atoms with Crippen molar-refractivity contribution in [1.29, 1.82) is 0 Å². The van der Waals surface area contributed by atoms with Gasteiger partial charge in [0.05, 0.1) is 24.5 Å². The maximum Gasteiger partial charge on any atom is 0.224 e. The summed E-state index contributed by atoms with van der Waals surface area (Å²) >= 11 is 5.86. The predicted molar refractivity (Wildman–Crippen MR) is 140 cm³/mol. The highest BCUT2D eigenvalue weighted by Crippen LogP contribution is 2.42. The van der Waals surface area contributed by atoms with Gasteiger partial charge in [-0.15, -0.1) is 0 Å². The summed E-state index contributed by atoms with van der Waals surface area (Å²) in [6.45, 7) is 4.45. The fourth-order valence-electron chi connectivity index (χ4n) is 4.52. The largest absolute Gasteiger partial charge is 0.467 e. The molecule has 7 nitrogen and oxygen atoms in total. The van der Waals surface area contributed by atoms with Gasteiger partial charge >= 0.3 is 0 Å². The van der Waals surface area contributed by atoms with Crippen LogP contribution in [0, 0.1) is 6.92 Å². The van der Waals surface area contributed by atoms with Crippen molar-refractivity contribution in [3.63, 3.8) is 0 Å². The zero-order valence-corrected chi connectivity index (χ0v) is 20.5. The van der Waals surface area contributed by atoms with Gasteiger partial charge in [-0.25, -0.2) is 0 Å². The van der Waals surface area contributed by atoms with Gasteiger partial charge in [0.25, 0.3) is 0 Å². The first-order valence-electron chi connectivity index (χ1n) is 11.6. The van der Waals surface area contributed by atoms with Crippen molar-refractivity contribution >= 4 is 34.6 Å². The van der Waals surface area contributed by atoms with Gasteiger partial charge in [0.15, 0.2) is 5.11 Å². The summed E-state index contributed by atoms with van der Waals surface area (Å²) in [7, 11) is 0. The minimum Gasteiger partial charge on any atom is -0.467 e. The summed E-state index contributed by atoms with van der Waals surface area (Å²) in [5, 5.41) is 7.10. The molecule has 1 amide bonds. The Hall–Kier alpha value is -3.91. The molecule has 1 aliphatic rings. The molecule has 8 heteroatoms. The van der Waals surface area contributed by atoms with E-state index in [2.05, 4.69) is 43.4 Å². The molecule has 4 aromatic rings. The molecule has 0 bridgehead atoms. The number of thiocarbonyl (C=S) groups is 1. The molecule has 0 spiro atoms. The molecule has 178 valence electrons. The van der Waals surface area contributed by atoms with E-state index in [4.69, 9.17) is 16.6 Å². The van der Waals surface area contributed by atoms with Crippen LogP contribution in [0.5, 0.6) is 0 Å². The lowest BCUT2D eigenvalue weighted by atomic mass is 10.0. The molecule has 1 aromatic carbocycles. The van der Waals surface area contributed by atoms with E-state index < -0.39 is 0 Å². The number of amides is 1. The number of nitrogens with one attached hydrogen (secondary N) is 2. The third-order valence-electron chi connectivity index (χ3n) is 6.26. The van der Waals surface area contributed by atoms with Crippen LogP contribution in [-0.2, 0) is 11.3 Å². The average Bonchev–Trinajstić information content (AvgIpc) is 3.61. The van der Waals surface area contributed by atoms with Gasteiger partial charge in [0.2, 0.25) is 5.91 Å². The van der Waals surface area contributed by atoms with Crippen molar-refractivity contribution in [3.05, 3.63) is 102 Å². The number of hydrogen-bond donors (Lipinski definition) is 2. The lowest BCUT2D eigenvalue weighted by molar-refractivity contribution is -0.115. The molecule has 0 saturated carbocycles. The number of benzene rings is 1. The summed E-state index contributed by atoms with van der Waals surface area (Å²) in [6, 6.07) is 19.7. The second-order valence-corrected chi connectivity index (χ2v) is 8.92. The Morgan fingerprint density at radius 2 is 2.06 bits per heavy atom. The van der Waals surface area contributed by atoms with E-state index >= 15 is 0 Å². The van der Waals surface area contributed by atoms with Crippen LogP contribution in [0.15, 0.2) is 83.7 Å². The van der Waals surface area contributed by atoms with Crippen LogP contribution < -0.4 is 15.5 Å². The number of rotatable bonds is 7. The number of aryl methyl sites for hydroxylation is 1. The highest BCUT2D eigenvalue weighted by Gasteiger charge is 2.42. The molecule has 0 unspecified atom stereocenters. The summed E-state index contributed by atoms with van der Waals surface area (Å²) in [5.41, 5.74) is 4.72. The normalized spacial score (nSPS) is 17.4. The highest BCUT2D eigenvalue weighted by molar-refractivity contribution is 7.80. The van der Waals surface area contributed by atoms with Crippen molar-refractivity contribution in [2.45, 2.75) is 38.9 Å². The molecule has 0 aliphatic carbocycles. The molecule has 1 aliphatic heterocycles. The van der Waals surface area contributed by atoms with Crippen LogP contribution in [0.25, 0.3) is 0 Å². The smallest absolute Gasteiger partial charge is 0.224 e. The average molecular weight is 486 g/mol. The zero-order valence-electron chi connectivity index (χ0n) is 19.6. The number of carbonyl (C=O) groups excluding carboxylic acids is 1. The summed E-state index contributed by atoms with van der Waals surface area (Å²) in [4.78, 5) is 18.7. The number of carbonyl (C=O) groups is 1. The zero-order chi connectivity index (χ0) is 24.4. The van der Waals surface area contributed by atoms with Crippen molar-refractivity contribution in [1.82, 2.24) is 14.9 Å². The van der Waals surface area contributed by atoms with E-state index in [1.807, 2.05) is 62.4 Å². The van der Waals surface area contributed by atoms with Crippen LogP contribution in [0.2, 0.25) is 0 Å². The molecule has 2 atom stereocenters. The lowest BCUT2D eigenvalue weighted by Gasteiger charge is -2.29. The van der Waals surface area contributed by atoms with E-state index in [1.165, 1.54) is 0 Å². The Kier molecular flexibility index (Phi) is 6.37. The molecule has 1 saturated heterocycles. The Bertz CT molecular complexity index is 1330. The topological polar surface area (TPSA) is 75.3 Å². The van der Waals surface area contributed by atoms with Crippen molar-refractivity contribution < 1.29 is 9.21 Å². The summed E-state index contributed by atoms with van der Waals surface area (Å²) < 4.78 is 7.80. The predicted octanol–water partition coefficient (Wildman–Crippen LogP) is 5.36. The molecular formula is C27H27N5O2S. The number of furan rings is 1. The van der Waals surface area contributed by atoms with Gasteiger partial charge in [0.1, 0.15) is 11.8 Å². The SMILES string of the molecule is CCC(=O)Nc1ccc(N2C(=S)N[C@H](c3ccccn3)[C@H]2c2cccn2Cc2ccco2)cc1C. The maximum absolute atomic E-state index is 11.9. The van der Waals surface area contributed by atoms with Crippen molar-refractivity contribution in [3.8, 4) is 0 Å². The van der Waals surface area contributed by atoms with Crippen molar-refractivity contribution in [2.75, 3.05) is 10.2 Å². The van der Waals surface area contributed by atoms with Gasteiger partial charge in [-0.2, -0.15) is 0 Å². The fraction of sp³-hybridized carbons (Fsp3) is 0.222. The summed E-state index contributed by atoms with van der Waals surface area (Å²) in [6.07, 6.45) is 5.98. The van der Waals surface area contributed by atoms with Gasteiger partial charge in [-0.05, 0) is 79.3 Å². The van der Waals surface area contributed by atoms with E-state index in [1.54, 1.807) is 12.5 Å². The minimum atomic E-state index is -0.145. The molecular weight excluding hydrogens is 458 g/mol. The molecule has 1 fully saturated rings. The standard InChI is InChI=1S/C27H27N5O2S/c1-3-24(33)29-21-12-11-19(16-18(21)2)32-26(25(30-27(32)35)22-9-4-5-13-28-22)23-10-6-14-31(23)17-20-8-7-15-34-20/h4-16,25-26H,3,17H2,1-2H3,(H,29,33)(H,30,35)/t25-,26-/m1/s1. The number of anilines is 2. The quantitative estimate of drug-likeness (QED) is 0.343. The maximum atomic E-state index is 11.9. The van der Waals surface area contributed by atoms with E-state index in [-0.39, 0.29) is 18.0 Å². The van der Waals surface area contributed by atoms with Gasteiger partial charge < -0.3 is 24.5 Å². The third-order valence-corrected chi connectivity index (χ3v) is 6.57. The Labute approximate surface area is 209 Å². The number of pyridine rings is 1. The second kappa shape index (κ2) is 9.76. The highest BCUT2D eigenvalue weighted by atomic mass is 32.1. The van der Waals surface area contributed by atoms with Crippen LogP contribution in [-0.4, -0.2) is 20.6 Å². The van der Waals surface area contributed by atoms with Crippen LogP contribution >= 0.6 is 12.2 Å². The Balaban J connectivity index is 1.56. The monoisotopic (exact) mass is 485 g/mol. The van der Waals surface area contributed by atoms with Gasteiger partial charge in [-0.3, -0.25) is 9.78 Å². The van der Waals surface area contributed by atoms with Crippen LogP contribution in [0.4, 0.5) is 11.4 Å². The summed E-state index contributed by atoms with van der Waals surface area (Å²) in [5.74, 6) is 0.867. The first kappa shape index (κ1) is 22.9. The first-order chi connectivity index (χ1) is 17.0. The fourth-order valence-corrected chi connectivity index (χ4v) is 4.87. The first-order valence-corrected chi connectivity index (χ1v) is 12.0. The number of nitrogens with zero attached hydrogens (tertiary/aromatic N) is 3. The van der Waals surface area contributed by atoms with E-state index in [0.29, 0.717) is 18.1 Å². The number of aromatic nitrogens is 2. The molecule has 0 radical (unpaired) electrons. The molecule has 3 aromatic heterocycles. The van der Waals surface area contributed by atoms with Crippen LogP contribution in [0.1, 0.15) is 48.1 Å². The molecule has 4 heterocycles. The lowest BCUT2D eigenvalue weighted by Crippen LogP contribution is -2.30. The molecule has 35 heavy (non-hydrogen) atoms. The van der Waals surface area contributed by atoms with E-state index in [9.17, 15) is 4.79 Å². The van der Waals surface area contributed by atoms with Gasteiger partial charge in [0, 0.05) is 35.9 Å². The van der Waals surface area contributed by atoms with Crippen molar-refractivity contribution in [2.24, 2.45) is 0 Å². The third kappa shape index (κ3) is 4.57. The molecule has 5 rings (SSSR count). The Morgan fingerprint density at radius 3 is 2.77 bits per heavy atom. The van der Waals surface area contributed by atoms with E-state index in [0.717, 1.165) is 34.1 Å². The van der Waals surface area contributed by atoms with Crippen LogP contribution in [0.3, 0.4) is 0 Å².